The first-order valence-electron chi connectivity index (χ1n) is 5.12. The number of halogens is 12. The molecular weight excluding hydrogens is 368 g/mol. The van der Waals surface area contributed by atoms with E-state index in [2.05, 4.69) is 0 Å². The van der Waals surface area contributed by atoms with Gasteiger partial charge in [-0.25, -0.2) is 0 Å². The van der Waals surface area contributed by atoms with E-state index in [1.165, 1.54) is 0 Å². The molecule has 0 spiro atoms. The maximum atomic E-state index is 12.1. The lowest BCUT2D eigenvalue weighted by Crippen LogP contribution is -2.46. The minimum atomic E-state index is -6.33. The normalized spacial score (nSPS) is 14.5. The Morgan fingerprint density at radius 1 is 0.522 bits per heavy atom. The standard InChI is InChI=1S/C9H4F12O2/c10-6(11,12)4(7(13,14)15)2(22)1-3(23)5(8(16,17)18)9(19,20)21/h4-5H,1H2. The average molecular weight is 372 g/mol. The zero-order valence-corrected chi connectivity index (χ0v) is 10.2. The second-order valence-electron chi connectivity index (χ2n) is 4.14. The van der Waals surface area contributed by atoms with Crippen molar-refractivity contribution in [3.63, 3.8) is 0 Å². The van der Waals surface area contributed by atoms with E-state index in [-0.39, 0.29) is 0 Å². The molecule has 23 heavy (non-hydrogen) atoms. The van der Waals surface area contributed by atoms with Crippen LogP contribution in [-0.2, 0) is 9.59 Å². The summed E-state index contributed by atoms with van der Waals surface area (Å²) in [6.07, 6.45) is -28.2. The molecule has 0 amide bonds. The van der Waals surface area contributed by atoms with Gasteiger partial charge in [-0.2, -0.15) is 52.7 Å². The number of hydrogen-bond acceptors (Lipinski definition) is 2. The predicted octanol–water partition coefficient (Wildman–Crippen LogP) is 4.00. The molecule has 136 valence electrons. The lowest BCUT2D eigenvalue weighted by atomic mass is 9.92. The molecule has 0 bridgehead atoms. The summed E-state index contributed by atoms with van der Waals surface area (Å²) in [4.78, 5) is 21.6. The van der Waals surface area contributed by atoms with Crippen molar-refractivity contribution in [1.82, 2.24) is 0 Å². The lowest BCUT2D eigenvalue weighted by molar-refractivity contribution is -0.275. The van der Waals surface area contributed by atoms with Gasteiger partial charge >= 0.3 is 24.7 Å². The fraction of sp³-hybridized carbons (Fsp3) is 0.778. The van der Waals surface area contributed by atoms with Gasteiger partial charge < -0.3 is 0 Å². The van der Waals surface area contributed by atoms with E-state index < -0.39 is 54.5 Å². The molecule has 0 aromatic rings. The monoisotopic (exact) mass is 372 g/mol. The van der Waals surface area contributed by atoms with Crippen LogP contribution in [0, 0.1) is 11.8 Å². The smallest absolute Gasteiger partial charge is 0.298 e. The molecule has 2 nitrogen and oxygen atoms in total. The molecule has 0 rings (SSSR count). The Morgan fingerprint density at radius 3 is 0.826 bits per heavy atom. The maximum absolute atomic E-state index is 12.1. The third kappa shape index (κ3) is 5.89. The van der Waals surface area contributed by atoms with E-state index in [4.69, 9.17) is 0 Å². The number of hydrogen-bond donors (Lipinski definition) is 0. The van der Waals surface area contributed by atoms with Gasteiger partial charge in [0.2, 0.25) is 11.8 Å². The van der Waals surface area contributed by atoms with Crippen molar-refractivity contribution in [2.24, 2.45) is 11.8 Å². The van der Waals surface area contributed by atoms with Gasteiger partial charge in [0.25, 0.3) is 0 Å². The highest BCUT2D eigenvalue weighted by atomic mass is 19.4. The van der Waals surface area contributed by atoms with Crippen LogP contribution in [-0.4, -0.2) is 36.3 Å². The number of Topliss-reactive ketones (excluding diaryl/α,β-unsaturated/α-hetero) is 2. The summed E-state index contributed by atoms with van der Waals surface area (Å²) in [5.74, 6) is -16.0. The summed E-state index contributed by atoms with van der Waals surface area (Å²) < 4.78 is 145. The summed E-state index contributed by atoms with van der Waals surface area (Å²) in [6.45, 7) is 0. The summed E-state index contributed by atoms with van der Waals surface area (Å²) in [7, 11) is 0. The molecule has 0 aliphatic rings. The highest BCUT2D eigenvalue weighted by Crippen LogP contribution is 2.43. The van der Waals surface area contributed by atoms with Gasteiger partial charge in [0.05, 0.1) is 6.42 Å². The van der Waals surface area contributed by atoms with Crippen LogP contribution in [0.5, 0.6) is 0 Å². The van der Waals surface area contributed by atoms with Crippen LogP contribution in [0.25, 0.3) is 0 Å². The lowest BCUT2D eigenvalue weighted by Gasteiger charge is -2.24. The molecular formula is C9H4F12O2. The summed E-state index contributed by atoms with van der Waals surface area (Å²) in [6, 6.07) is 0. The van der Waals surface area contributed by atoms with Crippen molar-refractivity contribution in [3.8, 4) is 0 Å². The van der Waals surface area contributed by atoms with E-state index in [0.29, 0.717) is 0 Å². The maximum Gasteiger partial charge on any atom is 0.407 e. The van der Waals surface area contributed by atoms with Crippen molar-refractivity contribution in [2.75, 3.05) is 0 Å². The largest absolute Gasteiger partial charge is 0.407 e. The predicted molar refractivity (Wildman–Crippen MR) is 45.8 cm³/mol. The molecule has 0 aliphatic heterocycles. The van der Waals surface area contributed by atoms with Crippen LogP contribution in [0.15, 0.2) is 0 Å². The summed E-state index contributed by atoms with van der Waals surface area (Å²) >= 11 is 0. The van der Waals surface area contributed by atoms with Crippen molar-refractivity contribution in [1.29, 1.82) is 0 Å². The van der Waals surface area contributed by atoms with Gasteiger partial charge in [-0.1, -0.05) is 0 Å². The Bertz CT molecular complexity index is 381. The Morgan fingerprint density at radius 2 is 0.696 bits per heavy atom. The number of carbonyl (C=O) groups is 2. The molecule has 0 heterocycles. The minimum absolute atomic E-state index is 2.83. The second-order valence-corrected chi connectivity index (χ2v) is 4.14. The second kappa shape index (κ2) is 6.19. The molecule has 0 unspecified atom stereocenters. The Balaban J connectivity index is 5.54. The fourth-order valence-electron chi connectivity index (χ4n) is 1.48. The van der Waals surface area contributed by atoms with E-state index in [0.717, 1.165) is 0 Å². The van der Waals surface area contributed by atoms with Crippen molar-refractivity contribution < 1.29 is 62.3 Å². The van der Waals surface area contributed by atoms with E-state index in [1.54, 1.807) is 0 Å². The van der Waals surface area contributed by atoms with E-state index in [9.17, 15) is 62.3 Å². The summed E-state index contributed by atoms with van der Waals surface area (Å²) in [5.41, 5.74) is 0. The number of alkyl halides is 12. The third-order valence-electron chi connectivity index (χ3n) is 2.30. The Hall–Kier alpha value is -1.50. The van der Waals surface area contributed by atoms with Crippen molar-refractivity contribution >= 4 is 11.6 Å². The van der Waals surface area contributed by atoms with Crippen LogP contribution in [0.2, 0.25) is 0 Å². The van der Waals surface area contributed by atoms with Crippen LogP contribution < -0.4 is 0 Å². The van der Waals surface area contributed by atoms with Crippen LogP contribution >= 0.6 is 0 Å². The first kappa shape index (κ1) is 21.5. The highest BCUT2D eigenvalue weighted by Gasteiger charge is 2.64. The Kier molecular flexibility index (Phi) is 5.78. The average Bonchev–Trinajstić information content (AvgIpc) is 2.04. The molecule has 0 fully saturated rings. The molecule has 0 atom stereocenters. The van der Waals surface area contributed by atoms with Gasteiger partial charge in [0.15, 0.2) is 11.6 Å². The molecule has 0 saturated heterocycles. The first-order chi connectivity index (χ1) is 9.79. The zero-order chi connectivity index (χ0) is 19.0. The SMILES string of the molecule is O=C(CC(=O)C(C(F)(F)F)C(F)(F)F)C(C(F)(F)F)C(F)(F)F. The van der Waals surface area contributed by atoms with Gasteiger partial charge in [-0.3, -0.25) is 9.59 Å². The highest BCUT2D eigenvalue weighted by molar-refractivity contribution is 6.02. The number of rotatable bonds is 4. The zero-order valence-electron chi connectivity index (χ0n) is 10.2. The van der Waals surface area contributed by atoms with Crippen molar-refractivity contribution in [3.05, 3.63) is 0 Å². The summed E-state index contributed by atoms with van der Waals surface area (Å²) in [5, 5.41) is 0. The van der Waals surface area contributed by atoms with Gasteiger partial charge in [0.1, 0.15) is 0 Å². The van der Waals surface area contributed by atoms with Crippen LogP contribution in [0.3, 0.4) is 0 Å². The van der Waals surface area contributed by atoms with E-state index in [1.807, 2.05) is 0 Å². The molecule has 0 aromatic carbocycles. The van der Waals surface area contributed by atoms with Crippen LogP contribution in [0.1, 0.15) is 6.42 Å². The fourth-order valence-corrected chi connectivity index (χ4v) is 1.48. The van der Waals surface area contributed by atoms with Gasteiger partial charge in [0, 0.05) is 0 Å². The van der Waals surface area contributed by atoms with Gasteiger partial charge in [-0.05, 0) is 0 Å². The molecule has 0 aromatic heterocycles. The quantitative estimate of drug-likeness (QED) is 0.553. The topological polar surface area (TPSA) is 34.1 Å². The number of carbonyl (C=O) groups excluding carboxylic acids is 2. The third-order valence-corrected chi connectivity index (χ3v) is 2.30. The molecule has 0 radical (unpaired) electrons. The first-order valence-corrected chi connectivity index (χ1v) is 5.12. The molecule has 14 heteroatoms. The van der Waals surface area contributed by atoms with Crippen molar-refractivity contribution in [2.45, 2.75) is 31.1 Å². The molecule has 0 aliphatic carbocycles. The molecule has 0 N–H and O–H groups in total. The van der Waals surface area contributed by atoms with Crippen LogP contribution in [0.4, 0.5) is 52.7 Å². The molecule has 0 saturated carbocycles. The minimum Gasteiger partial charge on any atom is -0.298 e. The number of ketones is 2. The van der Waals surface area contributed by atoms with E-state index >= 15 is 0 Å². The van der Waals surface area contributed by atoms with Gasteiger partial charge in [-0.15, -0.1) is 0 Å². The Labute approximate surface area is 118 Å².